The first-order valence-corrected chi connectivity index (χ1v) is 14.6. The molecule has 44 heavy (non-hydrogen) atoms. The number of thiophene rings is 1. The van der Waals surface area contributed by atoms with E-state index in [1.54, 1.807) is 17.4 Å². The molecule has 0 spiro atoms. The lowest BCUT2D eigenvalue weighted by Crippen LogP contribution is -1.97. The third kappa shape index (κ3) is 4.03. The second-order valence-electron chi connectivity index (χ2n) is 10.1. The minimum absolute atomic E-state index is 0.0967. The van der Waals surface area contributed by atoms with Crippen LogP contribution in [-0.4, -0.2) is 14.5 Å². The van der Waals surface area contributed by atoms with Crippen molar-refractivity contribution in [3.8, 4) is 39.6 Å². The number of benzene rings is 6. The van der Waals surface area contributed by atoms with E-state index >= 15 is 0 Å². The largest absolute Gasteiger partial charge is 0.309 e. The lowest BCUT2D eigenvalue weighted by Gasteiger charge is -2.11. The lowest BCUT2D eigenvalue weighted by molar-refractivity contribution is 1.17. The first-order valence-electron chi connectivity index (χ1n) is 19.8. The Kier molecular flexibility index (Phi) is 3.59. The van der Waals surface area contributed by atoms with Crippen molar-refractivity contribution in [2.75, 3.05) is 0 Å². The molecule has 0 radical (unpaired) electrons. The van der Waals surface area contributed by atoms with Crippen molar-refractivity contribution < 1.29 is 16.4 Å². The highest BCUT2D eigenvalue weighted by Gasteiger charge is 2.16. The highest BCUT2D eigenvalue weighted by molar-refractivity contribution is 7.25. The first kappa shape index (κ1) is 15.8. The van der Waals surface area contributed by atoms with Gasteiger partial charge in [-0.05, 0) is 42.4 Å². The molecule has 4 heteroatoms. The zero-order valence-electron chi connectivity index (χ0n) is 34.8. The van der Waals surface area contributed by atoms with E-state index < -0.39 is 78.2 Å². The van der Waals surface area contributed by atoms with Gasteiger partial charge in [-0.25, -0.2) is 9.97 Å². The van der Waals surface area contributed by atoms with Gasteiger partial charge in [0.05, 0.1) is 38.9 Å². The maximum Gasteiger partial charge on any atom is 0.160 e. The quantitative estimate of drug-likeness (QED) is 0.204. The van der Waals surface area contributed by atoms with Gasteiger partial charge in [0, 0.05) is 53.3 Å². The van der Waals surface area contributed by atoms with Gasteiger partial charge in [-0.3, -0.25) is 0 Å². The molecule has 6 aromatic carbocycles. The maximum atomic E-state index is 9.72. The van der Waals surface area contributed by atoms with E-state index in [0.717, 1.165) is 30.3 Å². The van der Waals surface area contributed by atoms with Gasteiger partial charge in [0.2, 0.25) is 0 Å². The van der Waals surface area contributed by atoms with Crippen LogP contribution in [-0.2, 0) is 0 Å². The van der Waals surface area contributed by atoms with Crippen molar-refractivity contribution in [2.45, 2.75) is 0 Å². The van der Waals surface area contributed by atoms with E-state index in [9.17, 15) is 4.11 Å². The normalized spacial score (nSPS) is 15.5. The number of aromatic nitrogens is 3. The molecule has 0 saturated heterocycles. The summed E-state index contributed by atoms with van der Waals surface area (Å²) < 4.78 is 109. The molecule has 0 aliphatic carbocycles. The maximum absolute atomic E-state index is 9.72. The van der Waals surface area contributed by atoms with Gasteiger partial charge in [0.15, 0.2) is 5.82 Å². The molecular formula is C40H25N3S. The van der Waals surface area contributed by atoms with Crippen LogP contribution in [0.5, 0.6) is 0 Å². The molecule has 0 aliphatic heterocycles. The monoisotopic (exact) mass is 591 g/mol. The summed E-state index contributed by atoms with van der Waals surface area (Å²) in [6.07, 6.45) is 0. The third-order valence-electron chi connectivity index (χ3n) is 7.56. The molecule has 3 aromatic heterocycles. The molecule has 0 aliphatic rings. The summed E-state index contributed by atoms with van der Waals surface area (Å²) in [4.78, 5) is 9.72. The fourth-order valence-electron chi connectivity index (χ4n) is 5.55. The van der Waals surface area contributed by atoms with Gasteiger partial charge in [-0.1, -0.05) is 109 Å². The first-order chi connectivity index (χ1) is 26.8. The van der Waals surface area contributed by atoms with Crippen molar-refractivity contribution >= 4 is 53.3 Å². The average Bonchev–Trinajstić information content (AvgIpc) is 3.77. The van der Waals surface area contributed by atoms with Crippen molar-refractivity contribution in [1.82, 2.24) is 14.5 Å². The highest BCUT2D eigenvalue weighted by atomic mass is 32.1. The molecule has 0 bridgehead atoms. The third-order valence-corrected chi connectivity index (χ3v) is 8.70. The molecule has 3 heterocycles. The summed E-state index contributed by atoms with van der Waals surface area (Å²) in [5.41, 5.74) is 1.10. The molecule has 0 unspecified atom stereocenters. The zero-order valence-corrected chi connectivity index (χ0v) is 23.6. The zero-order chi connectivity index (χ0) is 39.5. The van der Waals surface area contributed by atoms with Crippen LogP contribution in [0, 0.1) is 0 Å². The number of hydrogen-bond donors (Lipinski definition) is 0. The molecule has 206 valence electrons. The minimum atomic E-state index is -0.703. The molecule has 3 nitrogen and oxygen atoms in total. The van der Waals surface area contributed by atoms with E-state index in [0.29, 0.717) is 17.0 Å². The lowest BCUT2D eigenvalue weighted by atomic mass is 10.0. The Hall–Kier alpha value is -5.58. The van der Waals surface area contributed by atoms with Crippen LogP contribution in [0.15, 0.2) is 151 Å². The van der Waals surface area contributed by atoms with Crippen molar-refractivity contribution in [1.29, 1.82) is 0 Å². The van der Waals surface area contributed by atoms with Crippen LogP contribution in [0.4, 0.5) is 0 Å². The van der Waals surface area contributed by atoms with Gasteiger partial charge >= 0.3 is 0 Å². The van der Waals surface area contributed by atoms with Crippen LogP contribution in [0.25, 0.3) is 81.6 Å². The number of fused-ring (bicyclic) bond motifs is 6. The summed E-state index contributed by atoms with van der Waals surface area (Å²) in [7, 11) is 0. The molecule has 0 saturated carbocycles. The van der Waals surface area contributed by atoms with Crippen LogP contribution in [0.3, 0.4) is 0 Å². The second-order valence-corrected chi connectivity index (χ2v) is 11.2. The molecule has 9 aromatic rings. The Bertz CT molecular complexity index is 3150. The number of rotatable bonds is 4. The Morgan fingerprint density at radius 3 is 2.14 bits per heavy atom. The van der Waals surface area contributed by atoms with Gasteiger partial charge in [-0.2, -0.15) is 0 Å². The fraction of sp³-hybridized carbons (Fsp3) is 0. The topological polar surface area (TPSA) is 30.7 Å². The van der Waals surface area contributed by atoms with Crippen molar-refractivity contribution in [3.05, 3.63) is 151 Å². The Balaban J connectivity index is 1.42. The predicted molar refractivity (Wildman–Crippen MR) is 186 cm³/mol. The second kappa shape index (κ2) is 10.0. The van der Waals surface area contributed by atoms with E-state index in [4.69, 9.17) is 22.3 Å². The summed E-state index contributed by atoms with van der Waals surface area (Å²) in [6.45, 7) is 0. The number of nitrogens with zero attached hydrogens (tertiary/aromatic N) is 3. The molecule has 0 amide bonds. The van der Waals surface area contributed by atoms with Crippen LogP contribution < -0.4 is 0 Å². The predicted octanol–water partition coefficient (Wildman–Crippen LogP) is 10.9. The van der Waals surface area contributed by atoms with Gasteiger partial charge in [0.25, 0.3) is 0 Å². The van der Waals surface area contributed by atoms with E-state index in [-0.39, 0.29) is 33.2 Å². The Morgan fingerprint density at radius 2 is 1.25 bits per heavy atom. The van der Waals surface area contributed by atoms with Gasteiger partial charge in [-0.15, -0.1) is 11.3 Å². The summed E-state index contributed by atoms with van der Waals surface area (Å²) >= 11 is 1.63. The van der Waals surface area contributed by atoms with Crippen LogP contribution >= 0.6 is 11.3 Å². The highest BCUT2D eigenvalue weighted by Crippen LogP contribution is 2.38. The molecule has 0 atom stereocenters. The average molecular weight is 592 g/mol. The standard InChI is InChI=1S/C40H25N3S/c1-3-11-26(12-4-1)34-25-35(27-19-22-33-32-16-8-10-18-38(32)44-39(33)24-27)42-40(41-34)28-20-21-31-30-15-7-9-17-36(30)43(37(31)23-28)29-13-5-2-6-14-29/h1-25H/i2D,5D,6D,7D,9D,13D,14D,15D,17D,20D,21D,23D. The van der Waals surface area contributed by atoms with E-state index in [1.165, 1.54) is 0 Å². The molecular weight excluding hydrogens is 555 g/mol. The Morgan fingerprint density at radius 1 is 0.523 bits per heavy atom. The van der Waals surface area contributed by atoms with Gasteiger partial charge < -0.3 is 4.57 Å². The SMILES string of the molecule is [2H]c1c([2H])c([2H])c(-n2c3c([2H])c([2H])c([2H])c([2H])c3c3c([2H])c([2H])c(-c4nc(-c5ccccc5)cc(-c5ccc6c(c5)sc5ccccc56)n4)c([2H])c32)c([2H])c1[2H]. The van der Waals surface area contributed by atoms with Gasteiger partial charge in [0.1, 0.15) is 0 Å². The van der Waals surface area contributed by atoms with E-state index in [1.807, 2.05) is 60.7 Å². The summed E-state index contributed by atoms with van der Waals surface area (Å²) in [6, 6.07) is 17.7. The van der Waals surface area contributed by atoms with Crippen molar-refractivity contribution in [3.63, 3.8) is 0 Å². The smallest absolute Gasteiger partial charge is 0.160 e. The molecule has 0 N–H and O–H groups in total. The van der Waals surface area contributed by atoms with E-state index in [2.05, 4.69) is 12.1 Å². The van der Waals surface area contributed by atoms with Crippen molar-refractivity contribution in [2.24, 2.45) is 0 Å². The molecule has 9 rings (SSSR count). The number of para-hydroxylation sites is 2. The minimum Gasteiger partial charge on any atom is -0.309 e. The van der Waals surface area contributed by atoms with Crippen LogP contribution in [0.2, 0.25) is 0 Å². The number of hydrogen-bond acceptors (Lipinski definition) is 3. The summed E-state index contributed by atoms with van der Waals surface area (Å²) in [5, 5.41) is 1.75. The fourth-order valence-corrected chi connectivity index (χ4v) is 6.70. The molecule has 0 fully saturated rings. The Labute approximate surface area is 275 Å². The summed E-state index contributed by atoms with van der Waals surface area (Å²) in [5.74, 6) is -0.0967. The van der Waals surface area contributed by atoms with Crippen LogP contribution in [0.1, 0.15) is 16.4 Å².